The highest BCUT2D eigenvalue weighted by atomic mass is 16.5. The Balaban J connectivity index is 1.82. The molecule has 0 saturated heterocycles. The van der Waals surface area contributed by atoms with Gasteiger partial charge in [0.1, 0.15) is 18.0 Å². The molecule has 1 aliphatic carbocycles. The number of hydrogen-bond acceptors (Lipinski definition) is 6. The van der Waals surface area contributed by atoms with Gasteiger partial charge in [0.25, 0.3) is 5.91 Å². The Kier molecular flexibility index (Phi) is 5.82. The standard InChI is InChI=1S/C21H31N3O4/c1-11(2)15-7-6-12(3)10-17(15)28-21(26)13(4)24-19-16(8-9-18(22)23-19)27-14(5)20(24)25/h8-9,11-15,17H,6-7,10H2,1-5H3,(H2,22,23). The Labute approximate surface area is 166 Å². The second-order valence-electron chi connectivity index (χ2n) is 8.50. The number of rotatable bonds is 4. The summed E-state index contributed by atoms with van der Waals surface area (Å²) in [5.74, 6) is 1.53. The molecule has 0 radical (unpaired) electrons. The van der Waals surface area contributed by atoms with Crippen LogP contribution in [0.1, 0.15) is 53.9 Å². The number of fused-ring (bicyclic) bond motifs is 1. The Morgan fingerprint density at radius 2 is 2.00 bits per heavy atom. The van der Waals surface area contributed by atoms with Crippen molar-refractivity contribution in [2.75, 3.05) is 10.6 Å². The zero-order valence-corrected chi connectivity index (χ0v) is 17.3. The average Bonchev–Trinajstić information content (AvgIpc) is 2.62. The molecule has 5 unspecified atom stereocenters. The summed E-state index contributed by atoms with van der Waals surface area (Å²) in [6.07, 6.45) is 2.24. The molecule has 1 saturated carbocycles. The van der Waals surface area contributed by atoms with E-state index >= 15 is 0 Å². The number of carbonyl (C=O) groups is 2. The normalized spacial score (nSPS) is 28.5. The topological polar surface area (TPSA) is 94.8 Å². The smallest absolute Gasteiger partial charge is 0.329 e. The predicted molar refractivity (Wildman–Crippen MR) is 107 cm³/mol. The van der Waals surface area contributed by atoms with E-state index in [1.807, 2.05) is 0 Å². The second kappa shape index (κ2) is 7.97. The van der Waals surface area contributed by atoms with Crippen molar-refractivity contribution in [3.8, 4) is 5.75 Å². The molecule has 1 aromatic heterocycles. The monoisotopic (exact) mass is 389 g/mol. The van der Waals surface area contributed by atoms with Crippen LogP contribution < -0.4 is 15.4 Å². The molecule has 1 fully saturated rings. The van der Waals surface area contributed by atoms with Gasteiger partial charge < -0.3 is 15.2 Å². The third kappa shape index (κ3) is 3.93. The van der Waals surface area contributed by atoms with Crippen molar-refractivity contribution in [1.82, 2.24) is 4.98 Å². The quantitative estimate of drug-likeness (QED) is 0.795. The van der Waals surface area contributed by atoms with E-state index in [9.17, 15) is 9.59 Å². The molecule has 2 heterocycles. The van der Waals surface area contributed by atoms with Gasteiger partial charge in [-0.1, -0.05) is 27.2 Å². The van der Waals surface area contributed by atoms with E-state index < -0.39 is 18.1 Å². The van der Waals surface area contributed by atoms with Crippen molar-refractivity contribution < 1.29 is 19.1 Å². The van der Waals surface area contributed by atoms with Crippen LogP contribution in [0.2, 0.25) is 0 Å². The third-order valence-electron chi connectivity index (χ3n) is 5.94. The molecule has 154 valence electrons. The summed E-state index contributed by atoms with van der Waals surface area (Å²) in [6.45, 7) is 9.85. The van der Waals surface area contributed by atoms with Crippen LogP contribution in [-0.4, -0.2) is 35.1 Å². The zero-order valence-electron chi connectivity index (χ0n) is 17.3. The summed E-state index contributed by atoms with van der Waals surface area (Å²) >= 11 is 0. The molecule has 1 amide bonds. The van der Waals surface area contributed by atoms with Crippen LogP contribution in [0.4, 0.5) is 11.6 Å². The predicted octanol–water partition coefficient (Wildman–Crippen LogP) is 3.17. The molecule has 5 atom stereocenters. The summed E-state index contributed by atoms with van der Waals surface area (Å²) in [4.78, 5) is 31.4. The number of nitrogens with two attached hydrogens (primary N) is 1. The molecule has 1 aromatic rings. The summed E-state index contributed by atoms with van der Waals surface area (Å²) < 4.78 is 11.6. The molecule has 7 nitrogen and oxygen atoms in total. The largest absolute Gasteiger partial charge is 0.477 e. The molecular weight excluding hydrogens is 358 g/mol. The highest BCUT2D eigenvalue weighted by Crippen LogP contribution is 2.37. The SMILES string of the molecule is CC1CCC(C(C)C)C(OC(=O)C(C)N2C(=O)C(C)Oc3ccc(N)nc32)C1. The number of hydrogen-bond donors (Lipinski definition) is 1. The molecule has 0 spiro atoms. The number of aromatic nitrogens is 1. The van der Waals surface area contributed by atoms with E-state index in [1.54, 1.807) is 26.0 Å². The number of nitrogens with zero attached hydrogens (tertiary/aromatic N) is 2. The maximum absolute atomic E-state index is 13.0. The lowest BCUT2D eigenvalue weighted by Gasteiger charge is -2.39. The fourth-order valence-corrected chi connectivity index (χ4v) is 4.23. The summed E-state index contributed by atoms with van der Waals surface area (Å²) in [6, 6.07) is 2.47. The van der Waals surface area contributed by atoms with Crippen LogP contribution in [-0.2, 0) is 14.3 Å². The fraction of sp³-hybridized carbons (Fsp3) is 0.667. The molecule has 2 N–H and O–H groups in total. The lowest BCUT2D eigenvalue weighted by atomic mass is 9.75. The van der Waals surface area contributed by atoms with E-state index in [4.69, 9.17) is 15.2 Å². The van der Waals surface area contributed by atoms with Gasteiger partial charge in [-0.2, -0.15) is 0 Å². The Morgan fingerprint density at radius 1 is 1.29 bits per heavy atom. The van der Waals surface area contributed by atoms with Gasteiger partial charge in [-0.25, -0.2) is 9.78 Å². The van der Waals surface area contributed by atoms with Crippen LogP contribution in [0, 0.1) is 17.8 Å². The number of amides is 1. The number of ether oxygens (including phenoxy) is 2. The molecular formula is C21H31N3O4. The van der Waals surface area contributed by atoms with Crippen molar-refractivity contribution in [1.29, 1.82) is 0 Å². The highest BCUT2D eigenvalue weighted by molar-refractivity contribution is 6.03. The molecule has 3 rings (SSSR count). The van der Waals surface area contributed by atoms with E-state index in [1.165, 1.54) is 4.90 Å². The number of nitrogen functional groups attached to an aromatic ring is 1. The van der Waals surface area contributed by atoms with E-state index in [0.29, 0.717) is 23.5 Å². The molecule has 0 aromatic carbocycles. The van der Waals surface area contributed by atoms with Crippen molar-refractivity contribution in [2.45, 2.75) is 72.1 Å². The van der Waals surface area contributed by atoms with Crippen LogP contribution >= 0.6 is 0 Å². The first-order chi connectivity index (χ1) is 13.2. The van der Waals surface area contributed by atoms with Gasteiger partial charge in [-0.05, 0) is 56.6 Å². The van der Waals surface area contributed by atoms with E-state index in [0.717, 1.165) is 19.3 Å². The Morgan fingerprint density at radius 3 is 2.68 bits per heavy atom. The van der Waals surface area contributed by atoms with Gasteiger partial charge in [0.2, 0.25) is 0 Å². The minimum absolute atomic E-state index is 0.125. The van der Waals surface area contributed by atoms with Crippen molar-refractivity contribution >= 4 is 23.5 Å². The third-order valence-corrected chi connectivity index (χ3v) is 5.94. The molecule has 2 aliphatic rings. The summed E-state index contributed by atoms with van der Waals surface area (Å²) in [5.41, 5.74) is 5.80. The maximum atomic E-state index is 13.0. The Bertz CT molecular complexity index is 751. The zero-order chi connectivity index (χ0) is 20.6. The second-order valence-corrected chi connectivity index (χ2v) is 8.50. The first-order valence-electron chi connectivity index (χ1n) is 10.2. The van der Waals surface area contributed by atoms with Gasteiger partial charge in [-0.3, -0.25) is 9.69 Å². The maximum Gasteiger partial charge on any atom is 0.329 e. The van der Waals surface area contributed by atoms with Gasteiger partial charge in [0, 0.05) is 0 Å². The van der Waals surface area contributed by atoms with Gasteiger partial charge >= 0.3 is 5.97 Å². The minimum atomic E-state index is -0.808. The first kappa shape index (κ1) is 20.4. The lowest BCUT2D eigenvalue weighted by Crippen LogP contribution is -2.53. The average molecular weight is 389 g/mol. The molecule has 28 heavy (non-hydrogen) atoms. The van der Waals surface area contributed by atoms with Gasteiger partial charge in [0.05, 0.1) is 0 Å². The van der Waals surface area contributed by atoms with Gasteiger partial charge in [-0.15, -0.1) is 0 Å². The summed E-state index contributed by atoms with van der Waals surface area (Å²) in [5, 5.41) is 0. The molecule has 7 heteroatoms. The van der Waals surface area contributed by atoms with E-state index in [2.05, 4.69) is 25.8 Å². The van der Waals surface area contributed by atoms with Gasteiger partial charge in [0.15, 0.2) is 17.7 Å². The summed E-state index contributed by atoms with van der Waals surface area (Å²) in [7, 11) is 0. The van der Waals surface area contributed by atoms with Crippen LogP contribution in [0.3, 0.4) is 0 Å². The van der Waals surface area contributed by atoms with Crippen molar-refractivity contribution in [3.05, 3.63) is 12.1 Å². The van der Waals surface area contributed by atoms with E-state index in [-0.39, 0.29) is 23.6 Å². The minimum Gasteiger partial charge on any atom is -0.477 e. The number of anilines is 2. The fourth-order valence-electron chi connectivity index (χ4n) is 4.23. The number of pyridine rings is 1. The highest BCUT2D eigenvalue weighted by Gasteiger charge is 2.41. The first-order valence-corrected chi connectivity index (χ1v) is 10.2. The lowest BCUT2D eigenvalue weighted by molar-refractivity contribution is -0.158. The number of carbonyl (C=O) groups excluding carboxylic acids is 2. The molecule has 0 bridgehead atoms. The van der Waals surface area contributed by atoms with Crippen LogP contribution in [0.5, 0.6) is 5.75 Å². The van der Waals surface area contributed by atoms with Crippen LogP contribution in [0.15, 0.2) is 12.1 Å². The van der Waals surface area contributed by atoms with Crippen molar-refractivity contribution in [3.63, 3.8) is 0 Å². The molecule has 1 aliphatic heterocycles. The van der Waals surface area contributed by atoms with Crippen molar-refractivity contribution in [2.24, 2.45) is 17.8 Å². The Hall–Kier alpha value is -2.31. The van der Waals surface area contributed by atoms with Crippen LogP contribution in [0.25, 0.3) is 0 Å². The number of esters is 1.